The third-order valence-electron chi connectivity index (χ3n) is 2.51. The van der Waals surface area contributed by atoms with E-state index in [0.717, 1.165) is 39.0 Å². The first kappa shape index (κ1) is 10.4. The van der Waals surface area contributed by atoms with Crippen molar-refractivity contribution in [1.29, 1.82) is 0 Å². The second-order valence-electron chi connectivity index (χ2n) is 3.31. The molecule has 0 N–H and O–H groups in total. The summed E-state index contributed by atoms with van der Waals surface area (Å²) in [5, 5.41) is 0. The Kier molecular flexibility index (Phi) is 4.06. The Labute approximate surface area is 80.7 Å². The highest BCUT2D eigenvalue weighted by Gasteiger charge is 2.19. The largest absolute Gasteiger partial charge is 0.325 e. The standard InChI is InChI=1S/C10H19N2O/c1-3-11(4-2)10(13)12-8-6-5-7-9-12/h5H,3-4,6-9H2,1-2H3. The minimum Gasteiger partial charge on any atom is -0.325 e. The van der Waals surface area contributed by atoms with Gasteiger partial charge in [0.2, 0.25) is 0 Å². The minimum atomic E-state index is 0.207. The predicted molar refractivity (Wildman–Crippen MR) is 53.4 cm³/mol. The van der Waals surface area contributed by atoms with Gasteiger partial charge in [0.1, 0.15) is 0 Å². The fourth-order valence-corrected chi connectivity index (χ4v) is 1.64. The lowest BCUT2D eigenvalue weighted by atomic mass is 10.1. The van der Waals surface area contributed by atoms with Crippen LogP contribution in [0.25, 0.3) is 0 Å². The maximum Gasteiger partial charge on any atom is 0.319 e. The molecule has 3 heteroatoms. The molecule has 13 heavy (non-hydrogen) atoms. The number of carbonyl (C=O) groups is 1. The van der Waals surface area contributed by atoms with E-state index in [1.54, 1.807) is 0 Å². The van der Waals surface area contributed by atoms with Crippen molar-refractivity contribution >= 4 is 6.03 Å². The van der Waals surface area contributed by atoms with E-state index in [2.05, 4.69) is 6.42 Å². The summed E-state index contributed by atoms with van der Waals surface area (Å²) < 4.78 is 0. The summed E-state index contributed by atoms with van der Waals surface area (Å²) in [6.07, 6.45) is 4.35. The van der Waals surface area contributed by atoms with Crippen LogP contribution in [0.1, 0.15) is 26.7 Å². The van der Waals surface area contributed by atoms with Gasteiger partial charge < -0.3 is 9.80 Å². The van der Waals surface area contributed by atoms with Gasteiger partial charge in [-0.1, -0.05) is 0 Å². The second-order valence-corrected chi connectivity index (χ2v) is 3.31. The van der Waals surface area contributed by atoms with Gasteiger partial charge in [-0.15, -0.1) is 0 Å². The molecule has 0 aliphatic carbocycles. The average Bonchev–Trinajstić information content (AvgIpc) is 2.21. The lowest BCUT2D eigenvalue weighted by Gasteiger charge is -2.31. The molecule has 0 atom stereocenters. The highest BCUT2D eigenvalue weighted by Crippen LogP contribution is 2.09. The number of rotatable bonds is 2. The van der Waals surface area contributed by atoms with Gasteiger partial charge in [-0.25, -0.2) is 4.79 Å². The van der Waals surface area contributed by atoms with Crippen molar-refractivity contribution in [2.45, 2.75) is 26.7 Å². The molecular formula is C10H19N2O. The van der Waals surface area contributed by atoms with E-state index in [0.29, 0.717) is 0 Å². The maximum atomic E-state index is 11.8. The summed E-state index contributed by atoms with van der Waals surface area (Å²) >= 11 is 0. The molecular weight excluding hydrogens is 164 g/mol. The summed E-state index contributed by atoms with van der Waals surface area (Å²) in [5.41, 5.74) is 0. The molecule has 1 aliphatic heterocycles. The first-order valence-electron chi connectivity index (χ1n) is 5.15. The van der Waals surface area contributed by atoms with Crippen LogP contribution in [-0.4, -0.2) is 42.0 Å². The minimum absolute atomic E-state index is 0.207. The summed E-state index contributed by atoms with van der Waals surface area (Å²) in [6.45, 7) is 7.48. The van der Waals surface area contributed by atoms with Gasteiger partial charge in [0.25, 0.3) is 0 Å². The molecule has 0 aromatic heterocycles. The van der Waals surface area contributed by atoms with Crippen LogP contribution in [0.5, 0.6) is 0 Å². The van der Waals surface area contributed by atoms with Gasteiger partial charge in [-0.2, -0.15) is 0 Å². The van der Waals surface area contributed by atoms with Gasteiger partial charge in [-0.05, 0) is 33.1 Å². The number of amides is 2. The molecule has 0 saturated carbocycles. The zero-order valence-corrected chi connectivity index (χ0v) is 8.62. The third kappa shape index (κ3) is 2.61. The monoisotopic (exact) mass is 183 g/mol. The lowest BCUT2D eigenvalue weighted by molar-refractivity contribution is 0.153. The number of nitrogens with zero attached hydrogens (tertiary/aromatic N) is 2. The Bertz CT molecular complexity index is 160. The number of carbonyl (C=O) groups excluding carboxylic acids is 1. The number of hydrogen-bond acceptors (Lipinski definition) is 1. The fraction of sp³-hybridized carbons (Fsp3) is 0.800. The molecule has 1 heterocycles. The van der Waals surface area contributed by atoms with Gasteiger partial charge in [0.05, 0.1) is 0 Å². The smallest absolute Gasteiger partial charge is 0.319 e. The van der Waals surface area contributed by atoms with Gasteiger partial charge in [-0.3, -0.25) is 0 Å². The molecule has 0 aromatic carbocycles. The topological polar surface area (TPSA) is 23.6 Å². The quantitative estimate of drug-likeness (QED) is 0.639. The lowest BCUT2D eigenvalue weighted by Crippen LogP contribution is -2.45. The van der Waals surface area contributed by atoms with E-state index in [4.69, 9.17) is 0 Å². The number of likely N-dealkylation sites (tertiary alicyclic amines) is 1. The zero-order valence-electron chi connectivity index (χ0n) is 8.62. The maximum absolute atomic E-state index is 11.8. The van der Waals surface area contributed by atoms with Crippen LogP contribution in [0, 0.1) is 6.42 Å². The van der Waals surface area contributed by atoms with E-state index >= 15 is 0 Å². The predicted octanol–water partition coefficient (Wildman–Crippen LogP) is 1.75. The third-order valence-corrected chi connectivity index (χ3v) is 2.51. The van der Waals surface area contributed by atoms with E-state index in [1.165, 1.54) is 0 Å². The van der Waals surface area contributed by atoms with Crippen molar-refractivity contribution in [3.05, 3.63) is 6.42 Å². The van der Waals surface area contributed by atoms with Gasteiger partial charge >= 0.3 is 6.03 Å². The number of urea groups is 1. The van der Waals surface area contributed by atoms with Crippen LogP contribution in [-0.2, 0) is 0 Å². The van der Waals surface area contributed by atoms with Crippen LogP contribution >= 0.6 is 0 Å². The van der Waals surface area contributed by atoms with Crippen molar-refractivity contribution < 1.29 is 4.79 Å². The molecule has 1 aliphatic rings. The summed E-state index contributed by atoms with van der Waals surface area (Å²) in [4.78, 5) is 15.6. The van der Waals surface area contributed by atoms with Crippen molar-refractivity contribution in [2.24, 2.45) is 0 Å². The normalized spacial score (nSPS) is 17.2. The number of hydrogen-bond donors (Lipinski definition) is 0. The Hall–Kier alpha value is -0.730. The molecule has 1 fully saturated rings. The van der Waals surface area contributed by atoms with E-state index in [-0.39, 0.29) is 6.03 Å². The average molecular weight is 183 g/mol. The van der Waals surface area contributed by atoms with E-state index in [9.17, 15) is 4.79 Å². The van der Waals surface area contributed by atoms with Crippen LogP contribution in [0.4, 0.5) is 4.79 Å². The second kappa shape index (κ2) is 5.10. The Balaban J connectivity index is 2.44. The molecule has 0 bridgehead atoms. The summed E-state index contributed by atoms with van der Waals surface area (Å²) in [6, 6.07) is 0.207. The van der Waals surface area contributed by atoms with E-state index in [1.807, 2.05) is 23.6 Å². The fourth-order valence-electron chi connectivity index (χ4n) is 1.64. The highest BCUT2D eigenvalue weighted by atomic mass is 16.2. The summed E-state index contributed by atoms with van der Waals surface area (Å²) in [5.74, 6) is 0. The molecule has 0 unspecified atom stereocenters. The Morgan fingerprint density at radius 3 is 2.31 bits per heavy atom. The molecule has 0 spiro atoms. The number of piperidine rings is 1. The highest BCUT2D eigenvalue weighted by molar-refractivity contribution is 5.74. The van der Waals surface area contributed by atoms with Crippen LogP contribution in [0.2, 0.25) is 0 Å². The summed E-state index contributed by atoms with van der Waals surface area (Å²) in [7, 11) is 0. The van der Waals surface area contributed by atoms with Crippen molar-refractivity contribution in [1.82, 2.24) is 9.80 Å². The van der Waals surface area contributed by atoms with E-state index < -0.39 is 0 Å². The first-order chi connectivity index (χ1) is 6.29. The molecule has 1 saturated heterocycles. The molecule has 0 aromatic rings. The van der Waals surface area contributed by atoms with Crippen LogP contribution in [0.3, 0.4) is 0 Å². The van der Waals surface area contributed by atoms with Crippen LogP contribution in [0.15, 0.2) is 0 Å². The van der Waals surface area contributed by atoms with Crippen LogP contribution < -0.4 is 0 Å². The first-order valence-corrected chi connectivity index (χ1v) is 5.15. The molecule has 2 amide bonds. The zero-order chi connectivity index (χ0) is 9.68. The van der Waals surface area contributed by atoms with Gasteiger partial charge in [0.15, 0.2) is 0 Å². The SMILES string of the molecule is CCN(CC)C(=O)N1CC[CH]CC1. The molecule has 1 radical (unpaired) electrons. The molecule has 1 rings (SSSR count). The van der Waals surface area contributed by atoms with Gasteiger partial charge in [0, 0.05) is 26.2 Å². The van der Waals surface area contributed by atoms with Crippen molar-refractivity contribution in [3.8, 4) is 0 Å². The molecule has 75 valence electrons. The molecule has 3 nitrogen and oxygen atoms in total. The van der Waals surface area contributed by atoms with Crippen molar-refractivity contribution in [2.75, 3.05) is 26.2 Å². The Morgan fingerprint density at radius 1 is 1.31 bits per heavy atom. The Morgan fingerprint density at radius 2 is 1.85 bits per heavy atom. The van der Waals surface area contributed by atoms with Crippen molar-refractivity contribution in [3.63, 3.8) is 0 Å².